The molecular formula is C15H24N4O6S4. The van der Waals surface area contributed by atoms with Crippen molar-refractivity contribution in [2.45, 2.75) is 48.6 Å². The molecule has 0 saturated carbocycles. The van der Waals surface area contributed by atoms with Crippen LogP contribution in [0.4, 0.5) is 14.8 Å². The van der Waals surface area contributed by atoms with Crippen molar-refractivity contribution in [2.24, 2.45) is 10.3 Å². The number of carbonyl (C=O) groups is 1. The molecule has 0 radical (unpaired) electrons. The maximum atomic E-state index is 11.5. The lowest BCUT2D eigenvalue weighted by Crippen LogP contribution is -2.26. The van der Waals surface area contributed by atoms with Gasteiger partial charge in [-0.05, 0) is 57.9 Å². The van der Waals surface area contributed by atoms with Gasteiger partial charge in [-0.2, -0.15) is 0 Å². The zero-order valence-corrected chi connectivity index (χ0v) is 19.7. The summed E-state index contributed by atoms with van der Waals surface area (Å²) in [4.78, 5) is 11.5. The van der Waals surface area contributed by atoms with Crippen molar-refractivity contribution in [1.82, 2.24) is 0 Å². The maximum Gasteiger partial charge on any atom is 0.412 e. The summed E-state index contributed by atoms with van der Waals surface area (Å²) in [5, 5.41) is 13.3. The number of amides is 1. The van der Waals surface area contributed by atoms with Gasteiger partial charge >= 0.3 is 6.09 Å². The van der Waals surface area contributed by atoms with E-state index in [1.165, 1.54) is 6.07 Å². The second-order valence-corrected chi connectivity index (χ2v) is 12.6. The van der Waals surface area contributed by atoms with Crippen LogP contribution in [-0.2, 0) is 24.8 Å². The molecule has 0 atom stereocenters. The minimum absolute atomic E-state index is 0.0357. The van der Waals surface area contributed by atoms with Crippen molar-refractivity contribution < 1.29 is 26.4 Å². The van der Waals surface area contributed by atoms with E-state index in [0.29, 0.717) is 21.1 Å². The molecule has 0 aliphatic rings. The molecule has 0 spiro atoms. The first kappa shape index (κ1) is 25.3. The van der Waals surface area contributed by atoms with Gasteiger partial charge in [0.05, 0.1) is 10.0 Å². The van der Waals surface area contributed by atoms with Gasteiger partial charge in [0.15, 0.2) is 0 Å². The number of primary sulfonamides is 2. The Balaban J connectivity index is 0.000000326. The van der Waals surface area contributed by atoms with E-state index < -0.39 is 31.7 Å². The molecule has 1 amide bonds. The predicted octanol–water partition coefficient (Wildman–Crippen LogP) is 2.34. The van der Waals surface area contributed by atoms with E-state index in [0.717, 1.165) is 22.7 Å². The van der Waals surface area contributed by atoms with E-state index in [-0.39, 0.29) is 8.42 Å². The van der Waals surface area contributed by atoms with E-state index in [1.54, 1.807) is 40.7 Å². The van der Waals surface area contributed by atoms with Crippen molar-refractivity contribution in [3.8, 4) is 0 Å². The lowest BCUT2D eigenvalue weighted by molar-refractivity contribution is 0.0636. The Hall–Kier alpha value is -1.71. The first-order chi connectivity index (χ1) is 12.9. The summed E-state index contributed by atoms with van der Waals surface area (Å²) in [7, 11) is -7.33. The summed E-state index contributed by atoms with van der Waals surface area (Å²) in [6, 6.07) is 3.12. The third kappa shape index (κ3) is 8.28. The number of sulfonamides is 2. The number of anilines is 2. The van der Waals surface area contributed by atoms with Crippen LogP contribution >= 0.6 is 22.7 Å². The third-order valence-electron chi connectivity index (χ3n) is 2.90. The highest BCUT2D eigenvalue weighted by Gasteiger charge is 2.20. The molecule has 0 unspecified atom stereocenters. The fourth-order valence-corrected chi connectivity index (χ4v) is 5.95. The Morgan fingerprint density at radius 3 is 1.72 bits per heavy atom. The van der Waals surface area contributed by atoms with Crippen LogP contribution in [0.5, 0.6) is 0 Å². The van der Waals surface area contributed by atoms with Crippen LogP contribution in [0.3, 0.4) is 0 Å². The van der Waals surface area contributed by atoms with Gasteiger partial charge in [-0.15, -0.1) is 22.7 Å². The van der Waals surface area contributed by atoms with Gasteiger partial charge in [0.1, 0.15) is 14.0 Å². The highest BCUT2D eigenvalue weighted by atomic mass is 32.3. The fraction of sp³-hybridized carbons (Fsp3) is 0.400. The Morgan fingerprint density at radius 1 is 0.966 bits per heavy atom. The van der Waals surface area contributed by atoms with Gasteiger partial charge in [-0.25, -0.2) is 31.9 Å². The molecule has 29 heavy (non-hydrogen) atoms. The summed E-state index contributed by atoms with van der Waals surface area (Å²) in [5.74, 6) is 0. The van der Waals surface area contributed by atoms with E-state index in [4.69, 9.17) is 20.7 Å². The van der Waals surface area contributed by atoms with Crippen LogP contribution in [0.15, 0.2) is 20.6 Å². The molecule has 10 nitrogen and oxygen atoms in total. The van der Waals surface area contributed by atoms with Crippen molar-refractivity contribution in [2.75, 3.05) is 11.1 Å². The first-order valence-electron chi connectivity index (χ1n) is 7.92. The molecule has 2 heterocycles. The smallest absolute Gasteiger partial charge is 0.412 e. The lowest BCUT2D eigenvalue weighted by atomic mass is 10.2. The SMILES string of the molecule is Cc1cc(N)sc1S(N)(=O)=O.Cc1cc(NC(=O)OC(C)(C)C)sc1S(N)(=O)=O. The van der Waals surface area contributed by atoms with Crippen molar-refractivity contribution in [3.05, 3.63) is 23.3 Å². The Bertz CT molecular complexity index is 1090. The number of hydrogen-bond acceptors (Lipinski definition) is 9. The zero-order chi connectivity index (χ0) is 22.8. The number of nitrogen functional groups attached to an aromatic ring is 1. The van der Waals surface area contributed by atoms with Crippen molar-refractivity contribution >= 4 is 58.8 Å². The van der Waals surface area contributed by atoms with E-state index in [9.17, 15) is 21.6 Å². The average Bonchev–Trinajstić information content (AvgIpc) is 2.98. The molecule has 0 aliphatic carbocycles. The Labute approximate surface area is 178 Å². The summed E-state index contributed by atoms with van der Waals surface area (Å²) < 4.78 is 49.3. The topological polar surface area (TPSA) is 185 Å². The molecule has 2 aromatic heterocycles. The first-order valence-corrected chi connectivity index (χ1v) is 12.6. The van der Waals surface area contributed by atoms with E-state index in [2.05, 4.69) is 5.32 Å². The van der Waals surface area contributed by atoms with Crippen LogP contribution in [0.2, 0.25) is 0 Å². The summed E-state index contributed by atoms with van der Waals surface area (Å²) >= 11 is 1.88. The van der Waals surface area contributed by atoms with Gasteiger partial charge in [-0.1, -0.05) is 0 Å². The second kappa shape index (κ2) is 8.97. The average molecular weight is 485 g/mol. The minimum Gasteiger partial charge on any atom is -0.444 e. The quantitative estimate of drug-likeness (QED) is 0.515. The van der Waals surface area contributed by atoms with E-state index in [1.807, 2.05) is 0 Å². The molecule has 0 saturated heterocycles. The van der Waals surface area contributed by atoms with Crippen LogP contribution in [0.1, 0.15) is 31.9 Å². The number of hydrogen-bond donors (Lipinski definition) is 4. The normalized spacial score (nSPS) is 12.1. The number of rotatable bonds is 3. The predicted molar refractivity (Wildman–Crippen MR) is 115 cm³/mol. The number of thiophene rings is 2. The zero-order valence-electron chi connectivity index (χ0n) is 16.5. The Morgan fingerprint density at radius 2 is 1.41 bits per heavy atom. The number of aryl methyl sites for hydroxylation is 2. The van der Waals surface area contributed by atoms with Crippen LogP contribution in [-0.4, -0.2) is 28.5 Å². The second-order valence-electron chi connectivity index (χ2n) is 6.92. The molecule has 0 fully saturated rings. The lowest BCUT2D eigenvalue weighted by Gasteiger charge is -2.19. The largest absolute Gasteiger partial charge is 0.444 e. The molecular weight excluding hydrogens is 460 g/mol. The molecule has 2 rings (SSSR count). The van der Waals surface area contributed by atoms with Gasteiger partial charge in [0, 0.05) is 0 Å². The third-order valence-corrected chi connectivity index (χ3v) is 8.28. The summed E-state index contributed by atoms with van der Waals surface area (Å²) in [5.41, 5.74) is 5.86. The van der Waals surface area contributed by atoms with Crippen LogP contribution < -0.4 is 21.3 Å². The van der Waals surface area contributed by atoms with Crippen molar-refractivity contribution in [1.29, 1.82) is 0 Å². The maximum absolute atomic E-state index is 11.5. The standard InChI is InChI=1S/C10H16N2O4S2.C5H8N2O2S2/c1-6-5-7(17-8(6)18(11,14)15)12-9(13)16-10(2,3)4;1-3-2-4(6)10-5(3)11(7,8)9/h5H,1-4H3,(H,12,13)(H2,11,14,15);2H,6H2,1H3,(H2,7,8,9). The van der Waals surface area contributed by atoms with Gasteiger partial charge in [-0.3, -0.25) is 5.32 Å². The van der Waals surface area contributed by atoms with Crippen LogP contribution in [0, 0.1) is 13.8 Å². The number of ether oxygens (including phenoxy) is 1. The van der Waals surface area contributed by atoms with Crippen molar-refractivity contribution in [3.63, 3.8) is 0 Å². The number of nitrogens with two attached hydrogens (primary N) is 3. The molecule has 0 aliphatic heterocycles. The number of nitrogens with one attached hydrogen (secondary N) is 1. The molecule has 0 aromatic carbocycles. The van der Waals surface area contributed by atoms with E-state index >= 15 is 0 Å². The summed E-state index contributed by atoms with van der Waals surface area (Å²) in [6.45, 7) is 8.48. The highest BCUT2D eigenvalue weighted by Crippen LogP contribution is 2.30. The molecule has 14 heteroatoms. The highest BCUT2D eigenvalue weighted by molar-refractivity contribution is 7.91. The number of carbonyl (C=O) groups excluding carboxylic acids is 1. The van der Waals surface area contributed by atoms with Crippen LogP contribution in [0.25, 0.3) is 0 Å². The Kier molecular flexibility index (Phi) is 7.84. The molecule has 2 aromatic rings. The van der Waals surface area contributed by atoms with Gasteiger partial charge < -0.3 is 10.5 Å². The van der Waals surface area contributed by atoms with Gasteiger partial charge in [0.25, 0.3) is 0 Å². The molecule has 7 N–H and O–H groups in total. The minimum atomic E-state index is -3.76. The monoisotopic (exact) mass is 484 g/mol. The summed E-state index contributed by atoms with van der Waals surface area (Å²) in [6.07, 6.45) is -0.635. The molecule has 164 valence electrons. The fourth-order valence-electron chi connectivity index (χ4n) is 1.99. The van der Waals surface area contributed by atoms with Gasteiger partial charge in [0.2, 0.25) is 20.0 Å². The molecule has 0 bridgehead atoms.